The number of allylic oxidation sites excluding steroid dienone is 4. The summed E-state index contributed by atoms with van der Waals surface area (Å²) in [5, 5.41) is 0. The summed E-state index contributed by atoms with van der Waals surface area (Å²) in [5.74, 6) is 6.11. The Hall–Kier alpha value is -0.520. The van der Waals surface area contributed by atoms with Crippen molar-refractivity contribution in [3.05, 3.63) is 22.8 Å². The highest BCUT2D eigenvalue weighted by Crippen LogP contribution is 2.60. The molecule has 0 heterocycles. The molecule has 7 atom stereocenters. The van der Waals surface area contributed by atoms with Gasteiger partial charge >= 0.3 is 0 Å². The summed E-state index contributed by atoms with van der Waals surface area (Å²) >= 11 is 0. The second-order valence-corrected chi connectivity index (χ2v) is 10.8. The maximum absolute atomic E-state index is 2.82. The van der Waals surface area contributed by atoms with E-state index in [1.807, 2.05) is 16.7 Å². The summed E-state index contributed by atoms with van der Waals surface area (Å²) in [5.41, 5.74) is 6.02. The topological polar surface area (TPSA) is 0 Å². The Morgan fingerprint density at radius 3 is 2.56 bits per heavy atom. The van der Waals surface area contributed by atoms with Gasteiger partial charge in [0, 0.05) is 5.92 Å². The van der Waals surface area contributed by atoms with Crippen LogP contribution in [0.4, 0.5) is 0 Å². The molecule has 4 rings (SSSR count). The molecule has 0 aliphatic heterocycles. The van der Waals surface area contributed by atoms with Crippen LogP contribution in [0.1, 0.15) is 86.5 Å². The predicted molar refractivity (Wildman–Crippen MR) is 108 cm³/mol. The molecule has 0 amide bonds. The molecule has 0 aromatic rings. The highest BCUT2D eigenvalue weighted by atomic mass is 14.5. The number of hydrogen-bond acceptors (Lipinski definition) is 0. The third kappa shape index (κ3) is 2.78. The van der Waals surface area contributed by atoms with Crippen LogP contribution in [0.15, 0.2) is 22.8 Å². The zero-order valence-corrected chi connectivity index (χ0v) is 17.6. The van der Waals surface area contributed by atoms with Crippen LogP contribution in [0, 0.1) is 46.8 Å². The van der Waals surface area contributed by atoms with E-state index < -0.39 is 0 Å². The monoisotopic (exact) mass is 340 g/mol. The smallest absolute Gasteiger partial charge is 0.00129 e. The van der Waals surface area contributed by atoms with Crippen LogP contribution in [0.25, 0.3) is 0 Å². The Balaban J connectivity index is 1.76. The van der Waals surface area contributed by atoms with Gasteiger partial charge < -0.3 is 0 Å². The van der Waals surface area contributed by atoms with Crippen molar-refractivity contribution in [2.24, 2.45) is 46.8 Å². The lowest BCUT2D eigenvalue weighted by atomic mass is 9.60. The van der Waals surface area contributed by atoms with Crippen molar-refractivity contribution in [2.75, 3.05) is 0 Å². The molecule has 0 aromatic heterocycles. The van der Waals surface area contributed by atoms with Crippen molar-refractivity contribution in [3.63, 3.8) is 0 Å². The molecule has 2 saturated carbocycles. The highest BCUT2D eigenvalue weighted by Gasteiger charge is 2.50. The van der Waals surface area contributed by atoms with Crippen molar-refractivity contribution < 1.29 is 0 Å². The van der Waals surface area contributed by atoms with Crippen molar-refractivity contribution in [3.8, 4) is 0 Å². The fourth-order valence-electron chi connectivity index (χ4n) is 7.44. The Kier molecular flexibility index (Phi) is 4.49. The van der Waals surface area contributed by atoms with Crippen molar-refractivity contribution >= 4 is 0 Å². The first-order chi connectivity index (χ1) is 11.8. The molecular formula is C25H40. The largest absolute Gasteiger partial charge is 0.0782 e. The quantitative estimate of drug-likeness (QED) is 0.436. The van der Waals surface area contributed by atoms with Gasteiger partial charge in [0.25, 0.3) is 0 Å². The normalized spacial score (nSPS) is 47.1. The summed E-state index contributed by atoms with van der Waals surface area (Å²) in [6.07, 6.45) is 12.8. The number of fused-ring (bicyclic) bond motifs is 3. The molecule has 140 valence electrons. The first kappa shape index (κ1) is 17.9. The van der Waals surface area contributed by atoms with Crippen LogP contribution in [0.2, 0.25) is 0 Å². The first-order valence-electron chi connectivity index (χ1n) is 11.2. The second kappa shape index (κ2) is 6.28. The predicted octanol–water partition coefficient (Wildman–Crippen LogP) is 7.41. The summed E-state index contributed by atoms with van der Waals surface area (Å²) in [4.78, 5) is 0. The average molecular weight is 341 g/mol. The van der Waals surface area contributed by atoms with Crippen LogP contribution in [0.5, 0.6) is 0 Å². The SMILES string of the molecule is CC1=C2CC[C@H](C)[C@@H]2CC[C@@H](C)C2=C[C@@]3(C)CC[C@@H](C(C)C)[C@@H]3C[C@@H]21. The van der Waals surface area contributed by atoms with E-state index >= 15 is 0 Å². The zero-order valence-electron chi connectivity index (χ0n) is 17.6. The number of hydrogen-bond donors (Lipinski definition) is 0. The molecule has 0 nitrogen and oxygen atoms in total. The molecule has 2 fully saturated rings. The van der Waals surface area contributed by atoms with Gasteiger partial charge in [0.2, 0.25) is 0 Å². The fraction of sp³-hybridized carbons (Fsp3) is 0.840. The van der Waals surface area contributed by atoms with Gasteiger partial charge in [-0.15, -0.1) is 0 Å². The maximum Gasteiger partial charge on any atom is 0.00129 e. The Labute approximate surface area is 156 Å². The molecule has 0 radical (unpaired) electrons. The minimum atomic E-state index is 0.488. The summed E-state index contributed by atoms with van der Waals surface area (Å²) in [6.45, 7) is 15.1. The van der Waals surface area contributed by atoms with E-state index in [9.17, 15) is 0 Å². The van der Waals surface area contributed by atoms with Crippen molar-refractivity contribution in [2.45, 2.75) is 86.5 Å². The lowest BCUT2D eigenvalue weighted by Gasteiger charge is -2.45. The van der Waals surface area contributed by atoms with Crippen LogP contribution in [-0.4, -0.2) is 0 Å². The molecule has 4 aliphatic carbocycles. The molecule has 0 saturated heterocycles. The minimum absolute atomic E-state index is 0.488. The molecule has 0 unspecified atom stereocenters. The van der Waals surface area contributed by atoms with E-state index in [2.05, 4.69) is 47.6 Å². The van der Waals surface area contributed by atoms with Gasteiger partial charge in [-0.25, -0.2) is 0 Å². The van der Waals surface area contributed by atoms with Crippen molar-refractivity contribution in [1.82, 2.24) is 0 Å². The lowest BCUT2D eigenvalue weighted by molar-refractivity contribution is 0.162. The van der Waals surface area contributed by atoms with Crippen molar-refractivity contribution in [1.29, 1.82) is 0 Å². The Morgan fingerprint density at radius 2 is 1.84 bits per heavy atom. The second-order valence-electron chi connectivity index (χ2n) is 10.8. The van der Waals surface area contributed by atoms with Crippen LogP contribution in [-0.2, 0) is 0 Å². The Bertz CT molecular complexity index is 591. The standard InChI is InChI=1S/C25H40/c1-15(2)19-11-12-25(6)14-23-17(4)7-9-20-16(3)8-10-21(20)18(5)22(23)13-24(19)25/h14-17,19-20,22,24H,7-13H2,1-6H3/t16-,17+,19-,20-,22+,24-,25+/m0/s1. The van der Waals surface area contributed by atoms with E-state index in [-0.39, 0.29) is 0 Å². The maximum atomic E-state index is 2.82. The molecule has 25 heavy (non-hydrogen) atoms. The third-order valence-electron chi connectivity index (χ3n) is 9.14. The average Bonchev–Trinajstić information content (AvgIpc) is 3.09. The molecule has 0 bridgehead atoms. The summed E-state index contributed by atoms with van der Waals surface area (Å²) in [6, 6.07) is 0. The Morgan fingerprint density at radius 1 is 1.08 bits per heavy atom. The van der Waals surface area contributed by atoms with Crippen LogP contribution >= 0.6 is 0 Å². The summed E-state index contributed by atoms with van der Waals surface area (Å²) in [7, 11) is 0. The van der Waals surface area contributed by atoms with E-state index in [0.29, 0.717) is 5.41 Å². The van der Waals surface area contributed by atoms with Gasteiger partial charge in [-0.1, -0.05) is 57.4 Å². The van der Waals surface area contributed by atoms with Gasteiger partial charge in [0.1, 0.15) is 0 Å². The third-order valence-corrected chi connectivity index (χ3v) is 9.14. The molecule has 0 heteroatoms. The fourth-order valence-corrected chi connectivity index (χ4v) is 7.44. The van der Waals surface area contributed by atoms with E-state index in [1.54, 1.807) is 0 Å². The number of rotatable bonds is 1. The van der Waals surface area contributed by atoms with Gasteiger partial charge in [-0.3, -0.25) is 0 Å². The van der Waals surface area contributed by atoms with Gasteiger partial charge in [-0.05, 0) is 92.8 Å². The lowest BCUT2D eigenvalue weighted by Crippen LogP contribution is -2.35. The van der Waals surface area contributed by atoms with Crippen LogP contribution < -0.4 is 0 Å². The molecule has 0 aromatic carbocycles. The van der Waals surface area contributed by atoms with Gasteiger partial charge in [0.15, 0.2) is 0 Å². The van der Waals surface area contributed by atoms with E-state index in [1.165, 1.54) is 44.9 Å². The highest BCUT2D eigenvalue weighted by molar-refractivity contribution is 5.35. The van der Waals surface area contributed by atoms with Crippen LogP contribution in [0.3, 0.4) is 0 Å². The minimum Gasteiger partial charge on any atom is -0.0782 e. The molecule has 0 N–H and O–H groups in total. The van der Waals surface area contributed by atoms with E-state index in [0.717, 1.165) is 41.4 Å². The summed E-state index contributed by atoms with van der Waals surface area (Å²) < 4.78 is 0. The van der Waals surface area contributed by atoms with E-state index in [4.69, 9.17) is 0 Å². The molecule has 0 spiro atoms. The first-order valence-corrected chi connectivity index (χ1v) is 11.2. The van der Waals surface area contributed by atoms with Gasteiger partial charge in [0.05, 0.1) is 0 Å². The molecule has 4 aliphatic rings. The zero-order chi connectivity index (χ0) is 17.9. The molecular weight excluding hydrogens is 300 g/mol. The van der Waals surface area contributed by atoms with Gasteiger partial charge in [-0.2, -0.15) is 0 Å².